The Kier molecular flexibility index (Phi) is 6.73. The topological polar surface area (TPSA) is 82.5 Å². The second kappa shape index (κ2) is 9.00. The van der Waals surface area contributed by atoms with Crippen molar-refractivity contribution in [2.75, 3.05) is 26.4 Å². The molecule has 0 spiro atoms. The molecule has 0 saturated heterocycles. The van der Waals surface area contributed by atoms with Crippen LogP contribution in [0.3, 0.4) is 0 Å². The molecular formula is C19H23N3O5. The van der Waals surface area contributed by atoms with E-state index in [-0.39, 0.29) is 0 Å². The summed E-state index contributed by atoms with van der Waals surface area (Å²) in [5, 5.41) is 4.95. The molecule has 0 aliphatic heterocycles. The van der Waals surface area contributed by atoms with Gasteiger partial charge in [-0.25, -0.2) is 9.78 Å². The number of ether oxygens (including phenoxy) is 2. The molecule has 0 N–H and O–H groups in total. The van der Waals surface area contributed by atoms with Gasteiger partial charge in [0.15, 0.2) is 5.75 Å². The first-order valence-electron chi connectivity index (χ1n) is 8.18. The van der Waals surface area contributed by atoms with Crippen molar-refractivity contribution in [3.8, 4) is 11.6 Å². The van der Waals surface area contributed by atoms with Crippen molar-refractivity contribution >= 4 is 17.5 Å². The van der Waals surface area contributed by atoms with Gasteiger partial charge in [0, 0.05) is 11.1 Å². The number of benzene rings is 1. The van der Waals surface area contributed by atoms with Gasteiger partial charge in [0.05, 0.1) is 25.6 Å². The van der Waals surface area contributed by atoms with Crippen LogP contribution in [-0.4, -0.2) is 38.1 Å². The van der Waals surface area contributed by atoms with Crippen LogP contribution >= 0.6 is 0 Å². The molecule has 1 amide bonds. The monoisotopic (exact) mass is 373 g/mol. The van der Waals surface area contributed by atoms with E-state index < -0.39 is 6.09 Å². The molecule has 0 aliphatic rings. The first-order valence-corrected chi connectivity index (χ1v) is 8.18. The Bertz CT molecular complexity index is 851. The summed E-state index contributed by atoms with van der Waals surface area (Å²) in [5.41, 5.74) is 3.52. The molecule has 1 aromatic carbocycles. The quantitative estimate of drug-likeness (QED) is 0.562. The number of hydroxylamine groups is 1. The second-order valence-corrected chi connectivity index (χ2v) is 5.62. The van der Waals surface area contributed by atoms with Crippen LogP contribution in [0.15, 0.2) is 35.5 Å². The van der Waals surface area contributed by atoms with Crippen molar-refractivity contribution in [3.63, 3.8) is 0 Å². The highest BCUT2D eigenvalue weighted by Crippen LogP contribution is 2.33. The molecule has 8 heteroatoms. The smallest absolute Gasteiger partial charge is 0.438 e. The number of hydrogen-bond acceptors (Lipinski definition) is 7. The zero-order valence-electron chi connectivity index (χ0n) is 16.3. The molecule has 27 heavy (non-hydrogen) atoms. The van der Waals surface area contributed by atoms with Gasteiger partial charge in [0.1, 0.15) is 12.8 Å². The second-order valence-electron chi connectivity index (χ2n) is 5.62. The zero-order chi connectivity index (χ0) is 20.0. The number of oxime groups is 1. The summed E-state index contributed by atoms with van der Waals surface area (Å²) in [5.74, 6) is 0.810. The van der Waals surface area contributed by atoms with Crippen LogP contribution in [-0.2, 0) is 14.4 Å². The predicted molar refractivity (Wildman–Crippen MR) is 101 cm³/mol. The van der Waals surface area contributed by atoms with E-state index in [0.717, 1.165) is 21.9 Å². The summed E-state index contributed by atoms with van der Waals surface area (Å²) in [6.07, 6.45) is -0.670. The van der Waals surface area contributed by atoms with Gasteiger partial charge in [-0.2, -0.15) is 0 Å². The lowest BCUT2D eigenvalue weighted by molar-refractivity contribution is 0.115. The Balaban J connectivity index is 2.42. The lowest BCUT2D eigenvalue weighted by Crippen LogP contribution is -2.29. The number of carbonyl (C=O) groups excluding carboxylic acids is 1. The Morgan fingerprint density at radius 3 is 2.48 bits per heavy atom. The minimum absolute atomic E-state index is 0.395. The van der Waals surface area contributed by atoms with E-state index in [4.69, 9.17) is 19.1 Å². The van der Waals surface area contributed by atoms with Crippen LogP contribution in [0.25, 0.3) is 0 Å². The number of hydrogen-bond donors (Lipinski definition) is 0. The molecule has 0 aliphatic carbocycles. The lowest BCUT2D eigenvalue weighted by atomic mass is 10.1. The van der Waals surface area contributed by atoms with Crippen LogP contribution in [0, 0.1) is 13.8 Å². The maximum Gasteiger partial charge on any atom is 0.438 e. The molecule has 1 heterocycles. The summed E-state index contributed by atoms with van der Waals surface area (Å²) in [6, 6.07) is 8.87. The van der Waals surface area contributed by atoms with Crippen LogP contribution in [0.1, 0.15) is 23.7 Å². The van der Waals surface area contributed by atoms with Gasteiger partial charge in [-0.3, -0.25) is 4.84 Å². The number of aromatic nitrogens is 1. The molecule has 0 saturated carbocycles. The highest BCUT2D eigenvalue weighted by Gasteiger charge is 2.21. The van der Waals surface area contributed by atoms with Gasteiger partial charge in [-0.15, -0.1) is 5.06 Å². The molecule has 2 rings (SSSR count). The fourth-order valence-corrected chi connectivity index (χ4v) is 2.51. The van der Waals surface area contributed by atoms with E-state index in [0.29, 0.717) is 23.0 Å². The maximum atomic E-state index is 11.9. The van der Waals surface area contributed by atoms with Crippen molar-refractivity contribution in [2.45, 2.75) is 20.8 Å². The molecule has 0 bridgehead atoms. The summed E-state index contributed by atoms with van der Waals surface area (Å²) >= 11 is 0. The number of pyridine rings is 1. The van der Waals surface area contributed by atoms with Gasteiger partial charge < -0.3 is 14.3 Å². The van der Waals surface area contributed by atoms with Gasteiger partial charge in [0.25, 0.3) is 0 Å². The van der Waals surface area contributed by atoms with Crippen molar-refractivity contribution in [1.29, 1.82) is 0 Å². The minimum atomic E-state index is -0.670. The van der Waals surface area contributed by atoms with E-state index in [2.05, 4.69) is 10.1 Å². The van der Waals surface area contributed by atoms with Crippen LogP contribution in [0.4, 0.5) is 10.5 Å². The fraction of sp³-hybridized carbons (Fsp3) is 0.316. The third-order valence-corrected chi connectivity index (χ3v) is 3.79. The summed E-state index contributed by atoms with van der Waals surface area (Å²) in [7, 11) is 4.14. The van der Waals surface area contributed by atoms with Gasteiger partial charge in [0.2, 0.25) is 5.88 Å². The van der Waals surface area contributed by atoms with Crippen LogP contribution < -0.4 is 9.80 Å². The SMILES string of the molecule is CO/N=C(/C)c1cc(C)c(Oc2ccccc2N(OC)C(=O)OC)nc1C. The Morgan fingerprint density at radius 1 is 1.15 bits per heavy atom. The molecule has 0 atom stereocenters. The summed E-state index contributed by atoms with van der Waals surface area (Å²) in [6.45, 7) is 5.58. The number of para-hydroxylation sites is 2. The van der Waals surface area contributed by atoms with Gasteiger partial charge in [-0.1, -0.05) is 17.3 Å². The van der Waals surface area contributed by atoms with Crippen molar-refractivity contribution in [3.05, 3.63) is 47.2 Å². The molecule has 0 unspecified atom stereocenters. The Morgan fingerprint density at radius 2 is 1.85 bits per heavy atom. The lowest BCUT2D eigenvalue weighted by Gasteiger charge is -2.21. The largest absolute Gasteiger partial charge is 0.451 e. The highest BCUT2D eigenvalue weighted by molar-refractivity contribution is 5.99. The third-order valence-electron chi connectivity index (χ3n) is 3.79. The number of anilines is 1. The summed E-state index contributed by atoms with van der Waals surface area (Å²) in [4.78, 5) is 26.4. The fourth-order valence-electron chi connectivity index (χ4n) is 2.51. The zero-order valence-corrected chi connectivity index (χ0v) is 16.3. The number of methoxy groups -OCH3 is 1. The maximum absolute atomic E-state index is 11.9. The average Bonchev–Trinajstić information content (AvgIpc) is 2.66. The van der Waals surface area contributed by atoms with Crippen LogP contribution in [0.5, 0.6) is 11.6 Å². The Labute approximate surface area is 158 Å². The van der Waals surface area contributed by atoms with Crippen LogP contribution in [0.2, 0.25) is 0 Å². The molecule has 1 aromatic heterocycles. The molecule has 0 fully saturated rings. The molecular weight excluding hydrogens is 350 g/mol. The highest BCUT2D eigenvalue weighted by atomic mass is 16.7. The molecule has 0 radical (unpaired) electrons. The standard InChI is InChI=1S/C19H23N3O5/c1-12-11-15(14(3)21-25-5)13(2)20-18(12)27-17-10-8-7-9-16(17)22(26-6)19(23)24-4/h7-11H,1-6H3/b21-14-. The van der Waals surface area contributed by atoms with Crippen molar-refractivity contribution < 1.29 is 23.9 Å². The average molecular weight is 373 g/mol. The van der Waals surface area contributed by atoms with Crippen molar-refractivity contribution in [2.24, 2.45) is 5.16 Å². The Hall–Kier alpha value is -3.13. The number of aryl methyl sites for hydroxylation is 2. The number of nitrogens with zero attached hydrogens (tertiary/aromatic N) is 3. The van der Waals surface area contributed by atoms with E-state index >= 15 is 0 Å². The van der Waals surface area contributed by atoms with E-state index in [9.17, 15) is 4.79 Å². The predicted octanol–water partition coefficient (Wildman–Crippen LogP) is 4.00. The number of amides is 1. The van der Waals surface area contributed by atoms with E-state index in [1.165, 1.54) is 21.3 Å². The number of rotatable bonds is 6. The molecule has 8 nitrogen and oxygen atoms in total. The van der Waals surface area contributed by atoms with E-state index in [1.807, 2.05) is 26.8 Å². The minimum Gasteiger partial charge on any atom is -0.451 e. The molecule has 144 valence electrons. The van der Waals surface area contributed by atoms with Gasteiger partial charge in [-0.05, 0) is 39.0 Å². The summed E-state index contributed by atoms with van der Waals surface area (Å²) < 4.78 is 10.7. The first-order chi connectivity index (χ1) is 12.9. The molecule has 2 aromatic rings. The van der Waals surface area contributed by atoms with Gasteiger partial charge >= 0.3 is 6.09 Å². The number of carbonyl (C=O) groups is 1. The van der Waals surface area contributed by atoms with Crippen molar-refractivity contribution in [1.82, 2.24) is 4.98 Å². The normalized spacial score (nSPS) is 11.1. The van der Waals surface area contributed by atoms with E-state index in [1.54, 1.807) is 24.3 Å². The first kappa shape index (κ1) is 20.2. The third kappa shape index (κ3) is 4.53.